The minimum Gasteiger partial charge on any atom is -0.496 e. The van der Waals surface area contributed by atoms with Crippen molar-refractivity contribution >= 4 is 5.91 Å². The van der Waals surface area contributed by atoms with Crippen LogP contribution in [0.4, 0.5) is 4.39 Å². The van der Waals surface area contributed by atoms with Crippen molar-refractivity contribution in [1.29, 1.82) is 0 Å². The number of para-hydroxylation sites is 1. The lowest BCUT2D eigenvalue weighted by Gasteiger charge is -2.16. The van der Waals surface area contributed by atoms with Gasteiger partial charge in [-0.15, -0.1) is 0 Å². The summed E-state index contributed by atoms with van der Waals surface area (Å²) in [5, 5.41) is 22.3. The van der Waals surface area contributed by atoms with Crippen LogP contribution >= 0.6 is 0 Å². The molecule has 1 aliphatic heterocycles. The van der Waals surface area contributed by atoms with Crippen LogP contribution in [0.3, 0.4) is 0 Å². The van der Waals surface area contributed by atoms with Crippen LogP contribution in [0.25, 0.3) is 0 Å². The summed E-state index contributed by atoms with van der Waals surface area (Å²) in [4.78, 5) is 37.5. The molecule has 0 spiro atoms. The van der Waals surface area contributed by atoms with Crippen LogP contribution in [0.2, 0.25) is 0 Å². The molecule has 1 aromatic carbocycles. The highest BCUT2D eigenvalue weighted by molar-refractivity contribution is 5.98. The monoisotopic (exact) mass is 381 g/mol. The predicted octanol–water partition coefficient (Wildman–Crippen LogP) is -1.31. The molecule has 27 heavy (non-hydrogen) atoms. The number of halogens is 1. The highest BCUT2D eigenvalue weighted by Gasteiger charge is 2.46. The zero-order valence-electron chi connectivity index (χ0n) is 14.1. The zero-order chi connectivity index (χ0) is 19.7. The first kappa shape index (κ1) is 18.9. The molecule has 144 valence electrons. The van der Waals surface area contributed by atoms with Crippen molar-refractivity contribution in [2.45, 2.75) is 24.6 Å². The van der Waals surface area contributed by atoms with E-state index in [1.54, 1.807) is 6.07 Å². The fraction of sp³-hybridized carbons (Fsp3) is 0.375. The maximum Gasteiger partial charge on any atom is 0.357 e. The smallest absolute Gasteiger partial charge is 0.357 e. The molecule has 0 bridgehead atoms. The quantitative estimate of drug-likeness (QED) is 0.667. The van der Waals surface area contributed by atoms with Crippen LogP contribution in [-0.2, 0) is 4.74 Å². The summed E-state index contributed by atoms with van der Waals surface area (Å²) < 4.78 is 25.1. The number of carbonyl (C=O) groups excluding carboxylic acids is 1. The third-order valence-corrected chi connectivity index (χ3v) is 4.16. The maximum atomic E-state index is 14.3. The van der Waals surface area contributed by atoms with Crippen molar-refractivity contribution in [3.05, 3.63) is 56.9 Å². The molecule has 2 N–H and O–H groups in total. The second-order valence-corrected chi connectivity index (χ2v) is 5.73. The van der Waals surface area contributed by atoms with Gasteiger partial charge >= 0.3 is 5.69 Å². The molecule has 4 atom stereocenters. The van der Waals surface area contributed by atoms with Crippen molar-refractivity contribution in [2.24, 2.45) is 0 Å². The fourth-order valence-electron chi connectivity index (χ4n) is 2.77. The van der Waals surface area contributed by atoms with Crippen LogP contribution in [0.1, 0.15) is 16.6 Å². The molecule has 0 aliphatic carbocycles. The van der Waals surface area contributed by atoms with Gasteiger partial charge in [0, 0.05) is 0 Å². The van der Waals surface area contributed by atoms with E-state index in [0.29, 0.717) is 10.9 Å². The van der Waals surface area contributed by atoms with Gasteiger partial charge in [0.1, 0.15) is 24.2 Å². The number of alkyl halides is 1. The van der Waals surface area contributed by atoms with Crippen molar-refractivity contribution in [3.8, 4) is 5.75 Å². The summed E-state index contributed by atoms with van der Waals surface area (Å²) in [6, 6.07) is 5.94. The van der Waals surface area contributed by atoms with Gasteiger partial charge in [-0.1, -0.05) is 12.1 Å². The van der Waals surface area contributed by atoms with Gasteiger partial charge in [0.15, 0.2) is 12.4 Å². The molecule has 1 saturated heterocycles. The van der Waals surface area contributed by atoms with Gasteiger partial charge in [0.05, 0.1) is 19.3 Å². The first-order valence-corrected chi connectivity index (χ1v) is 7.87. The maximum absolute atomic E-state index is 14.3. The Morgan fingerprint density at radius 2 is 2.07 bits per heavy atom. The van der Waals surface area contributed by atoms with Gasteiger partial charge < -0.3 is 19.7 Å². The molecule has 10 nitrogen and oxygen atoms in total. The van der Waals surface area contributed by atoms with Crippen molar-refractivity contribution in [1.82, 2.24) is 14.3 Å². The molecule has 0 radical (unpaired) electrons. The number of ether oxygens (including phenoxy) is 2. The van der Waals surface area contributed by atoms with E-state index in [-0.39, 0.29) is 15.9 Å². The number of hydrogen-bond acceptors (Lipinski definition) is 8. The van der Waals surface area contributed by atoms with E-state index in [2.05, 4.69) is 5.10 Å². The van der Waals surface area contributed by atoms with Crippen LogP contribution in [-0.4, -0.2) is 62.6 Å². The largest absolute Gasteiger partial charge is 0.496 e. The zero-order valence-corrected chi connectivity index (χ0v) is 14.1. The van der Waals surface area contributed by atoms with Crippen molar-refractivity contribution in [2.75, 3.05) is 13.7 Å². The lowest BCUT2D eigenvalue weighted by Crippen LogP contribution is -2.47. The number of aromatic nitrogens is 3. The molecular weight excluding hydrogens is 365 g/mol. The number of benzene rings is 1. The highest BCUT2D eigenvalue weighted by Crippen LogP contribution is 2.30. The topological polar surface area (TPSA) is 133 Å². The van der Waals surface area contributed by atoms with Gasteiger partial charge in [0.2, 0.25) is 0 Å². The van der Waals surface area contributed by atoms with E-state index in [4.69, 9.17) is 14.6 Å². The molecular formula is C16H16FN3O7. The van der Waals surface area contributed by atoms with Crippen molar-refractivity contribution < 1.29 is 28.9 Å². The van der Waals surface area contributed by atoms with E-state index >= 15 is 0 Å². The number of hydrogen-bond donors (Lipinski definition) is 2. The van der Waals surface area contributed by atoms with Gasteiger partial charge in [0.25, 0.3) is 11.5 Å². The second-order valence-electron chi connectivity index (χ2n) is 5.73. The first-order chi connectivity index (χ1) is 12.9. The second kappa shape index (κ2) is 7.39. The Bertz CT molecular complexity index is 973. The number of aliphatic hydroxyl groups is 2. The third kappa shape index (κ3) is 3.16. The fourth-order valence-corrected chi connectivity index (χ4v) is 2.77. The average molecular weight is 381 g/mol. The SMILES string of the molecule is COc1ccccc1C(=O)n1c(=O)cnn([C@@H]2O[C@H](CO)[C@@H](O)[C@@H]2F)c1=O. The molecule has 2 aromatic rings. The molecule has 11 heteroatoms. The molecule has 3 rings (SSSR count). The molecule has 0 amide bonds. The molecule has 0 saturated carbocycles. The summed E-state index contributed by atoms with van der Waals surface area (Å²) in [5.41, 5.74) is -2.34. The predicted molar refractivity (Wildman–Crippen MR) is 87.4 cm³/mol. The molecule has 1 fully saturated rings. The summed E-state index contributed by atoms with van der Waals surface area (Å²) in [6.45, 7) is -0.688. The number of rotatable bonds is 4. The van der Waals surface area contributed by atoms with E-state index in [1.807, 2.05) is 0 Å². The lowest BCUT2D eigenvalue weighted by molar-refractivity contribution is -0.0552. The summed E-state index contributed by atoms with van der Waals surface area (Å²) in [7, 11) is 1.32. The number of carbonyl (C=O) groups is 1. The van der Waals surface area contributed by atoms with Gasteiger partial charge in [-0.2, -0.15) is 14.3 Å². The Kier molecular flexibility index (Phi) is 5.17. The van der Waals surface area contributed by atoms with Crippen LogP contribution < -0.4 is 16.0 Å². The number of nitrogens with zero attached hydrogens (tertiary/aromatic N) is 3. The Hall–Kier alpha value is -2.89. The van der Waals surface area contributed by atoms with Gasteiger partial charge in [-0.3, -0.25) is 9.59 Å². The summed E-state index contributed by atoms with van der Waals surface area (Å²) in [5.74, 6) is -0.861. The number of aliphatic hydroxyl groups excluding tert-OH is 2. The van der Waals surface area contributed by atoms with E-state index in [1.165, 1.54) is 25.3 Å². The lowest BCUT2D eigenvalue weighted by atomic mass is 10.1. The Morgan fingerprint density at radius 1 is 1.37 bits per heavy atom. The van der Waals surface area contributed by atoms with Gasteiger partial charge in [-0.25, -0.2) is 9.18 Å². The molecule has 1 aromatic heterocycles. The normalized spacial score (nSPS) is 24.7. The molecule has 2 heterocycles. The van der Waals surface area contributed by atoms with E-state index in [0.717, 1.165) is 0 Å². The summed E-state index contributed by atoms with van der Waals surface area (Å²) in [6.07, 6.45) is -6.12. The van der Waals surface area contributed by atoms with Crippen LogP contribution in [0.5, 0.6) is 5.75 Å². The Balaban J connectivity index is 2.09. The molecule has 1 aliphatic rings. The first-order valence-electron chi connectivity index (χ1n) is 7.87. The van der Waals surface area contributed by atoms with E-state index < -0.39 is 48.4 Å². The third-order valence-electron chi connectivity index (χ3n) is 4.16. The number of methoxy groups -OCH3 is 1. The van der Waals surface area contributed by atoms with Crippen molar-refractivity contribution in [3.63, 3.8) is 0 Å². The minimum atomic E-state index is -2.10. The highest BCUT2D eigenvalue weighted by atomic mass is 19.1. The molecule has 0 unspecified atom stereocenters. The van der Waals surface area contributed by atoms with Gasteiger partial charge in [-0.05, 0) is 12.1 Å². The van der Waals surface area contributed by atoms with Crippen LogP contribution in [0, 0.1) is 0 Å². The summed E-state index contributed by atoms with van der Waals surface area (Å²) >= 11 is 0. The van der Waals surface area contributed by atoms with Crippen LogP contribution in [0.15, 0.2) is 40.1 Å². The van der Waals surface area contributed by atoms with E-state index in [9.17, 15) is 23.9 Å². The average Bonchev–Trinajstić information content (AvgIpc) is 2.96. The Morgan fingerprint density at radius 3 is 2.70 bits per heavy atom. The Labute approximate surface area is 151 Å². The minimum absolute atomic E-state index is 0.0608. The standard InChI is InChI=1S/C16H16FN3O7/c1-26-9-5-3-2-4-8(9)14(24)19-11(22)6-18-20(16(19)25)15-12(17)13(23)10(7-21)27-15/h2-6,10,12-13,15,21,23H,7H2,1H3/t10-,12+,13-,15-/m1/s1.